The first-order chi connectivity index (χ1) is 29.7. The fourth-order valence-corrected chi connectivity index (χ4v) is 6.15. The number of anilines is 4. The third kappa shape index (κ3) is 13.7. The van der Waals surface area contributed by atoms with Gasteiger partial charge in [0.1, 0.15) is 0 Å². The van der Waals surface area contributed by atoms with Crippen molar-refractivity contribution in [2.24, 2.45) is 0 Å². The number of amides is 2. The molecule has 0 atom stereocenters. The van der Waals surface area contributed by atoms with Gasteiger partial charge in [-0.3, -0.25) is 9.59 Å². The normalized spacial score (nSPS) is 10.1. The van der Waals surface area contributed by atoms with Gasteiger partial charge in [0.25, 0.3) is 11.8 Å². The van der Waals surface area contributed by atoms with E-state index in [1.807, 2.05) is 163 Å². The summed E-state index contributed by atoms with van der Waals surface area (Å²) < 4.78 is 55.5. The molecular formula is C54H46F4N2O2Ti. The summed E-state index contributed by atoms with van der Waals surface area (Å²) in [6, 6.07) is 54.1. The summed E-state index contributed by atoms with van der Waals surface area (Å²) >= 11 is 0. The van der Waals surface area contributed by atoms with Crippen LogP contribution in [0.2, 0.25) is 0 Å². The van der Waals surface area contributed by atoms with E-state index in [1.165, 1.54) is 21.9 Å². The largest absolute Gasteiger partial charge is 4.00 e. The molecule has 316 valence electrons. The second-order valence-electron chi connectivity index (χ2n) is 14.5. The van der Waals surface area contributed by atoms with E-state index in [2.05, 4.69) is 0 Å². The van der Waals surface area contributed by atoms with Gasteiger partial charge in [0.05, 0.1) is 0 Å². The van der Waals surface area contributed by atoms with Gasteiger partial charge in [-0.1, -0.05) is 70.8 Å². The SMILES string of the molecule is Cc1ccc(N(C(=O)c2cc(C)ccc2C)c2ccc(F)[c-]c2F)cc1.Cc1ccc(N(C(=O)c2cc(C)ccc2C)c2ccc(F)[c-]c2F)cc1.[Ti+4].c1cc[cH-]c1.c1cc[cH-]c1. The van der Waals surface area contributed by atoms with Crippen LogP contribution in [0.5, 0.6) is 0 Å². The molecule has 9 heteroatoms. The standard InChI is InChI=1S/2C22H18F2NO.2C5H5.Ti/c2*1-14-5-9-18(10-6-14)25(21-11-8-17(23)13-20(21)24)22(26)19-12-15(2)4-7-16(19)3;2*1-2-4-5-3-1;/h2*4-12H,1-3H3;2*1-5H;/q4*-1;+4. The maximum Gasteiger partial charge on any atom is 4.00 e. The topological polar surface area (TPSA) is 40.6 Å². The van der Waals surface area contributed by atoms with Crippen molar-refractivity contribution in [3.63, 3.8) is 0 Å². The minimum atomic E-state index is -0.913. The van der Waals surface area contributed by atoms with Gasteiger partial charge in [-0.15, -0.1) is 36.4 Å². The van der Waals surface area contributed by atoms with E-state index in [1.54, 1.807) is 36.4 Å². The number of benzene rings is 6. The summed E-state index contributed by atoms with van der Waals surface area (Å²) in [5, 5.41) is 0. The predicted molar refractivity (Wildman–Crippen MR) is 242 cm³/mol. The van der Waals surface area contributed by atoms with Crippen LogP contribution in [-0.2, 0) is 21.7 Å². The first kappa shape index (κ1) is 49.1. The molecular weight excluding hydrogens is 832 g/mol. The Kier molecular flexibility index (Phi) is 18.3. The molecule has 4 nitrogen and oxygen atoms in total. The Bertz CT molecular complexity index is 2460. The van der Waals surface area contributed by atoms with Crippen molar-refractivity contribution in [2.75, 3.05) is 9.80 Å². The van der Waals surface area contributed by atoms with Gasteiger partial charge in [-0.2, -0.15) is 36.4 Å². The van der Waals surface area contributed by atoms with E-state index >= 15 is 0 Å². The van der Waals surface area contributed by atoms with Gasteiger partial charge in [-0.05, 0) is 100 Å². The number of hydrogen-bond donors (Lipinski definition) is 0. The van der Waals surface area contributed by atoms with Gasteiger partial charge in [0.2, 0.25) is 0 Å². The first-order valence-electron chi connectivity index (χ1n) is 19.8. The van der Waals surface area contributed by atoms with Gasteiger partial charge >= 0.3 is 21.7 Å². The van der Waals surface area contributed by atoms with Crippen LogP contribution in [0, 0.1) is 76.9 Å². The summed E-state index contributed by atoms with van der Waals surface area (Å²) in [7, 11) is 0. The molecule has 0 N–H and O–H groups in total. The maximum atomic E-state index is 14.4. The summed E-state index contributed by atoms with van der Waals surface area (Å²) in [4.78, 5) is 29.1. The van der Waals surface area contributed by atoms with Crippen LogP contribution < -0.4 is 9.80 Å². The van der Waals surface area contributed by atoms with Crippen molar-refractivity contribution in [3.05, 3.63) is 250 Å². The predicted octanol–water partition coefficient (Wildman–Crippen LogP) is 14.1. The van der Waals surface area contributed by atoms with E-state index in [-0.39, 0.29) is 44.9 Å². The van der Waals surface area contributed by atoms with E-state index in [0.717, 1.165) is 45.5 Å². The smallest absolute Gasteiger partial charge is 0.329 e. The monoisotopic (exact) mass is 878 g/mol. The molecule has 8 rings (SSSR count). The van der Waals surface area contributed by atoms with E-state index in [0.29, 0.717) is 22.5 Å². The molecule has 0 saturated carbocycles. The first-order valence-corrected chi connectivity index (χ1v) is 19.8. The number of rotatable bonds is 6. The molecule has 63 heavy (non-hydrogen) atoms. The fourth-order valence-electron chi connectivity index (χ4n) is 6.15. The fraction of sp³-hybridized carbons (Fsp3) is 0.111. The van der Waals surface area contributed by atoms with Crippen LogP contribution in [0.3, 0.4) is 0 Å². The summed E-state index contributed by atoms with van der Waals surface area (Å²) in [5.74, 6) is -4.21. The molecule has 0 radical (unpaired) electrons. The Morgan fingerprint density at radius 3 is 1.05 bits per heavy atom. The third-order valence-electron chi connectivity index (χ3n) is 9.51. The Morgan fingerprint density at radius 2 is 0.762 bits per heavy atom. The van der Waals surface area contributed by atoms with Gasteiger partial charge < -0.3 is 9.80 Å². The molecule has 8 aromatic carbocycles. The van der Waals surface area contributed by atoms with Crippen LogP contribution in [0.15, 0.2) is 170 Å². The summed E-state index contributed by atoms with van der Waals surface area (Å²) in [5.41, 5.74) is 7.29. The number of carbonyl (C=O) groups excluding carboxylic acids is 2. The second-order valence-corrected chi connectivity index (χ2v) is 14.5. The summed E-state index contributed by atoms with van der Waals surface area (Å²) in [6.45, 7) is 11.3. The Hall–Kier alpha value is -6.61. The van der Waals surface area contributed by atoms with Gasteiger partial charge in [0, 0.05) is 45.8 Å². The van der Waals surface area contributed by atoms with Crippen molar-refractivity contribution < 1.29 is 48.9 Å². The number of halogens is 4. The summed E-state index contributed by atoms with van der Waals surface area (Å²) in [6.07, 6.45) is 0. The third-order valence-corrected chi connectivity index (χ3v) is 9.51. The molecule has 8 aromatic rings. The molecule has 0 aromatic heterocycles. The number of nitrogens with zero attached hydrogens (tertiary/aromatic N) is 2. The van der Waals surface area contributed by atoms with Crippen molar-refractivity contribution >= 4 is 34.6 Å². The zero-order valence-electron chi connectivity index (χ0n) is 35.9. The van der Waals surface area contributed by atoms with Crippen LogP contribution in [0.4, 0.5) is 40.3 Å². The molecule has 0 saturated heterocycles. The molecule has 0 fully saturated rings. The van der Waals surface area contributed by atoms with Crippen molar-refractivity contribution in [2.45, 2.75) is 41.5 Å². The quantitative estimate of drug-likeness (QED) is 0.0948. The number of carbonyl (C=O) groups is 2. The van der Waals surface area contributed by atoms with Crippen molar-refractivity contribution in [3.8, 4) is 0 Å². The van der Waals surface area contributed by atoms with E-state index < -0.39 is 23.3 Å². The zero-order valence-corrected chi connectivity index (χ0v) is 37.5. The van der Waals surface area contributed by atoms with Crippen LogP contribution >= 0.6 is 0 Å². The molecule has 0 heterocycles. The van der Waals surface area contributed by atoms with Crippen LogP contribution in [0.1, 0.15) is 54.1 Å². The molecule has 2 amide bonds. The average Bonchev–Trinajstić information content (AvgIpc) is 4.04. The maximum absolute atomic E-state index is 14.4. The second kappa shape index (κ2) is 23.6. The minimum Gasteiger partial charge on any atom is -0.329 e. The van der Waals surface area contributed by atoms with Crippen molar-refractivity contribution in [1.82, 2.24) is 0 Å². The Morgan fingerprint density at radius 1 is 0.444 bits per heavy atom. The van der Waals surface area contributed by atoms with Gasteiger partial charge in [-0.25, -0.2) is 41.8 Å². The number of aryl methyl sites for hydroxylation is 6. The van der Waals surface area contributed by atoms with E-state index in [4.69, 9.17) is 0 Å². The Labute approximate surface area is 382 Å². The van der Waals surface area contributed by atoms with Gasteiger partial charge in [0.15, 0.2) is 0 Å². The van der Waals surface area contributed by atoms with Crippen LogP contribution in [-0.4, -0.2) is 11.8 Å². The molecule has 0 aliphatic heterocycles. The molecule has 0 unspecified atom stereocenters. The molecule has 0 bridgehead atoms. The number of hydrogen-bond acceptors (Lipinski definition) is 2. The minimum absolute atomic E-state index is 0. The Balaban J connectivity index is 0.000000223. The molecule has 0 aliphatic rings. The molecule has 0 aliphatic carbocycles. The zero-order chi connectivity index (χ0) is 44.8. The van der Waals surface area contributed by atoms with Crippen LogP contribution in [0.25, 0.3) is 0 Å². The van der Waals surface area contributed by atoms with E-state index in [9.17, 15) is 27.2 Å². The molecule has 0 spiro atoms. The van der Waals surface area contributed by atoms with Crippen molar-refractivity contribution in [1.29, 1.82) is 0 Å². The average molecular weight is 879 g/mol.